The Labute approximate surface area is 83.1 Å². The fraction of sp³-hybridized carbons (Fsp3) is 1.00. The molecule has 0 rings (SSSR count). The van der Waals surface area contributed by atoms with E-state index in [2.05, 4.69) is 20.7 Å². The zero-order valence-corrected chi connectivity index (χ0v) is 10.3. The van der Waals surface area contributed by atoms with Crippen LogP contribution in [0.1, 0.15) is 27.7 Å². The van der Waals surface area contributed by atoms with Gasteiger partial charge in [-0.3, -0.25) is 0 Å². The third kappa shape index (κ3) is 3.87. The number of hydrogen-bond donors (Lipinski definition) is 1. The lowest BCUT2D eigenvalue weighted by atomic mass is 10.0. The van der Waals surface area contributed by atoms with Gasteiger partial charge in [-0.2, -0.15) is 0 Å². The van der Waals surface area contributed by atoms with Crippen molar-refractivity contribution in [3.05, 3.63) is 0 Å². The Bertz CT molecular complexity index is 234. The molecule has 0 aliphatic carbocycles. The molecule has 0 bridgehead atoms. The summed E-state index contributed by atoms with van der Waals surface area (Å²) in [7, 11) is -3.10. The van der Waals surface area contributed by atoms with E-state index in [1.165, 1.54) is 0 Å². The van der Waals surface area contributed by atoms with Gasteiger partial charge in [-0.1, -0.05) is 22.9 Å². The van der Waals surface area contributed by atoms with Crippen molar-refractivity contribution in [3.8, 4) is 0 Å². The highest BCUT2D eigenvalue weighted by molar-refractivity contribution is 9.09. The van der Waals surface area contributed by atoms with Crippen LogP contribution >= 0.6 is 15.9 Å². The highest BCUT2D eigenvalue weighted by Gasteiger charge is 2.27. The van der Waals surface area contributed by atoms with Crippen molar-refractivity contribution in [1.29, 1.82) is 0 Å². The normalized spacial score (nSPS) is 16.1. The molecule has 1 unspecified atom stereocenters. The summed E-state index contributed by atoms with van der Waals surface area (Å²) in [4.78, 5) is 0.103. The highest BCUT2D eigenvalue weighted by Crippen LogP contribution is 2.17. The largest absolute Gasteiger partial charge is 0.212 e. The minimum absolute atomic E-state index is 0.103. The summed E-state index contributed by atoms with van der Waals surface area (Å²) < 4.78 is 25.0. The van der Waals surface area contributed by atoms with Gasteiger partial charge in [0.05, 0.1) is 5.75 Å². The number of alkyl halides is 1. The molecule has 0 heterocycles. The van der Waals surface area contributed by atoms with Crippen molar-refractivity contribution in [2.24, 2.45) is 0 Å². The van der Waals surface area contributed by atoms with Crippen molar-refractivity contribution < 1.29 is 8.42 Å². The third-order valence-electron chi connectivity index (χ3n) is 1.79. The first-order chi connectivity index (χ1) is 5.21. The molecule has 12 heavy (non-hydrogen) atoms. The second-order valence-electron chi connectivity index (χ2n) is 3.34. The van der Waals surface area contributed by atoms with E-state index in [4.69, 9.17) is 0 Å². The highest BCUT2D eigenvalue weighted by atomic mass is 79.9. The third-order valence-corrected chi connectivity index (χ3v) is 4.53. The summed E-state index contributed by atoms with van der Waals surface area (Å²) in [5.41, 5.74) is -0.436. The summed E-state index contributed by atoms with van der Waals surface area (Å²) in [6.07, 6.45) is 0. The Morgan fingerprint density at radius 1 is 1.50 bits per heavy atom. The van der Waals surface area contributed by atoms with Crippen LogP contribution in [-0.2, 0) is 10.0 Å². The standard InChI is InChI=1S/C7H16BrNO2S/c1-5-12(10,11)9-7(3,4)6(2)8/h6,9H,5H2,1-4H3. The van der Waals surface area contributed by atoms with Crippen LogP contribution in [0.4, 0.5) is 0 Å². The minimum Gasteiger partial charge on any atom is -0.212 e. The molecular weight excluding hydrogens is 242 g/mol. The first-order valence-electron chi connectivity index (χ1n) is 3.87. The van der Waals surface area contributed by atoms with Gasteiger partial charge in [0.15, 0.2) is 0 Å². The van der Waals surface area contributed by atoms with Gasteiger partial charge in [-0.25, -0.2) is 13.1 Å². The number of sulfonamides is 1. The predicted molar refractivity (Wildman–Crippen MR) is 55.1 cm³/mol. The van der Waals surface area contributed by atoms with E-state index in [0.717, 1.165) is 0 Å². The number of halogens is 1. The van der Waals surface area contributed by atoms with Gasteiger partial charge in [0.25, 0.3) is 0 Å². The Morgan fingerprint density at radius 3 is 2.17 bits per heavy atom. The molecule has 0 aromatic rings. The average molecular weight is 258 g/mol. The van der Waals surface area contributed by atoms with E-state index in [0.29, 0.717) is 0 Å². The first kappa shape index (κ1) is 12.4. The van der Waals surface area contributed by atoms with Crippen molar-refractivity contribution in [3.63, 3.8) is 0 Å². The van der Waals surface area contributed by atoms with Gasteiger partial charge in [0.2, 0.25) is 10.0 Å². The van der Waals surface area contributed by atoms with E-state index < -0.39 is 15.6 Å². The lowest BCUT2D eigenvalue weighted by molar-refractivity contribution is 0.454. The van der Waals surface area contributed by atoms with Crippen LogP contribution in [0.3, 0.4) is 0 Å². The second kappa shape index (κ2) is 4.07. The van der Waals surface area contributed by atoms with E-state index in [1.807, 2.05) is 20.8 Å². The SMILES string of the molecule is CCS(=O)(=O)NC(C)(C)C(C)Br. The van der Waals surface area contributed by atoms with Crippen LogP contribution in [0.25, 0.3) is 0 Å². The Balaban J connectivity index is 4.46. The van der Waals surface area contributed by atoms with Gasteiger partial charge in [0.1, 0.15) is 0 Å². The lowest BCUT2D eigenvalue weighted by Gasteiger charge is -2.28. The maximum absolute atomic E-state index is 11.2. The van der Waals surface area contributed by atoms with Gasteiger partial charge in [-0.15, -0.1) is 0 Å². The van der Waals surface area contributed by atoms with E-state index in [1.54, 1.807) is 6.92 Å². The van der Waals surface area contributed by atoms with Crippen molar-refractivity contribution in [1.82, 2.24) is 4.72 Å². The topological polar surface area (TPSA) is 46.2 Å². The van der Waals surface area contributed by atoms with Gasteiger partial charge >= 0.3 is 0 Å². The molecule has 0 spiro atoms. The van der Waals surface area contributed by atoms with Crippen LogP contribution in [-0.4, -0.2) is 24.5 Å². The van der Waals surface area contributed by atoms with Crippen LogP contribution in [0, 0.1) is 0 Å². The molecule has 1 atom stereocenters. The van der Waals surface area contributed by atoms with Crippen molar-refractivity contribution in [2.75, 3.05) is 5.75 Å². The molecule has 3 nitrogen and oxygen atoms in total. The van der Waals surface area contributed by atoms with Crippen LogP contribution in [0.15, 0.2) is 0 Å². The maximum Gasteiger partial charge on any atom is 0.211 e. The molecule has 0 aliphatic heterocycles. The van der Waals surface area contributed by atoms with E-state index in [-0.39, 0.29) is 10.6 Å². The number of nitrogens with one attached hydrogen (secondary N) is 1. The summed E-state index contributed by atoms with van der Waals surface area (Å²) in [6, 6.07) is 0. The molecule has 1 N–H and O–H groups in total. The van der Waals surface area contributed by atoms with Crippen LogP contribution < -0.4 is 4.72 Å². The Hall–Kier alpha value is 0.390. The first-order valence-corrected chi connectivity index (χ1v) is 6.44. The molecule has 0 amide bonds. The summed E-state index contributed by atoms with van der Waals surface area (Å²) in [5.74, 6) is 0.121. The fourth-order valence-corrected chi connectivity index (χ4v) is 1.94. The molecule has 0 aromatic heterocycles. The lowest BCUT2D eigenvalue weighted by Crippen LogP contribution is -2.49. The zero-order valence-electron chi connectivity index (χ0n) is 7.89. The molecule has 0 aromatic carbocycles. The van der Waals surface area contributed by atoms with Gasteiger partial charge in [0, 0.05) is 10.4 Å². The number of rotatable bonds is 4. The molecule has 5 heteroatoms. The Kier molecular flexibility index (Phi) is 4.20. The molecule has 74 valence electrons. The van der Waals surface area contributed by atoms with Crippen LogP contribution in [0.2, 0.25) is 0 Å². The maximum atomic E-state index is 11.2. The van der Waals surface area contributed by atoms with E-state index >= 15 is 0 Å². The fourth-order valence-electron chi connectivity index (χ4n) is 0.554. The molecule has 0 aliphatic rings. The predicted octanol–water partition coefficient (Wildman–Crippen LogP) is 1.49. The summed E-state index contributed by atoms with van der Waals surface area (Å²) in [6.45, 7) is 7.23. The molecular formula is C7H16BrNO2S. The van der Waals surface area contributed by atoms with Crippen molar-refractivity contribution in [2.45, 2.75) is 38.1 Å². The quantitative estimate of drug-likeness (QED) is 0.776. The van der Waals surface area contributed by atoms with Gasteiger partial charge < -0.3 is 0 Å². The molecule has 0 saturated heterocycles. The average Bonchev–Trinajstić information content (AvgIpc) is 1.85. The Morgan fingerprint density at radius 2 is 1.92 bits per heavy atom. The zero-order chi connectivity index (χ0) is 9.99. The molecule has 0 fully saturated rings. The van der Waals surface area contributed by atoms with E-state index in [9.17, 15) is 8.42 Å². The minimum atomic E-state index is -3.10. The van der Waals surface area contributed by atoms with Crippen LogP contribution in [0.5, 0.6) is 0 Å². The van der Waals surface area contributed by atoms with Gasteiger partial charge in [-0.05, 0) is 20.8 Å². The second-order valence-corrected chi connectivity index (χ2v) is 6.73. The summed E-state index contributed by atoms with van der Waals surface area (Å²) >= 11 is 3.35. The van der Waals surface area contributed by atoms with Crippen molar-refractivity contribution >= 4 is 26.0 Å². The molecule has 0 saturated carbocycles. The molecule has 0 radical (unpaired) electrons. The smallest absolute Gasteiger partial charge is 0.211 e. The summed E-state index contributed by atoms with van der Waals surface area (Å²) in [5, 5.41) is 0. The number of hydrogen-bond acceptors (Lipinski definition) is 2. The monoisotopic (exact) mass is 257 g/mol.